The summed E-state index contributed by atoms with van der Waals surface area (Å²) in [5.74, 6) is 0.142. The fourth-order valence-corrected chi connectivity index (χ4v) is 1.76. The highest BCUT2D eigenvalue weighted by Gasteiger charge is 2.09. The van der Waals surface area contributed by atoms with Gasteiger partial charge in [-0.15, -0.1) is 0 Å². The third kappa shape index (κ3) is 2.97. The first-order valence-electron chi connectivity index (χ1n) is 5.46. The number of aromatic nitrogens is 1. The van der Waals surface area contributed by atoms with Crippen LogP contribution < -0.4 is 15.8 Å². The number of methoxy groups -OCH3 is 1. The minimum absolute atomic E-state index is 0.216. The Balaban J connectivity index is 2.38. The summed E-state index contributed by atoms with van der Waals surface area (Å²) < 4.78 is 18.8. The van der Waals surface area contributed by atoms with E-state index in [1.807, 2.05) is 0 Å². The highest BCUT2D eigenvalue weighted by Crippen LogP contribution is 2.26. The van der Waals surface area contributed by atoms with Gasteiger partial charge in [0.25, 0.3) is 0 Å². The Morgan fingerprint density at radius 1 is 1.37 bits per heavy atom. The maximum Gasteiger partial charge on any atom is 0.146 e. The van der Waals surface area contributed by atoms with E-state index >= 15 is 0 Å². The van der Waals surface area contributed by atoms with Gasteiger partial charge >= 0.3 is 0 Å². The van der Waals surface area contributed by atoms with E-state index in [0.29, 0.717) is 17.0 Å². The molecule has 3 N–H and O–H groups in total. The van der Waals surface area contributed by atoms with Gasteiger partial charge in [-0.3, -0.25) is 4.98 Å². The zero-order chi connectivity index (χ0) is 13.8. The van der Waals surface area contributed by atoms with Crippen molar-refractivity contribution < 1.29 is 9.13 Å². The molecule has 2 aromatic rings. The molecular weight excluding hydrogens is 265 g/mol. The molecular formula is C13H12FN3OS. The number of nitrogens with one attached hydrogen (secondary N) is 1. The van der Waals surface area contributed by atoms with Gasteiger partial charge in [-0.2, -0.15) is 0 Å². The molecule has 1 aromatic carbocycles. The number of pyridine rings is 1. The lowest BCUT2D eigenvalue weighted by atomic mass is 10.2. The van der Waals surface area contributed by atoms with Crippen LogP contribution in [0.3, 0.4) is 0 Å². The number of anilines is 2. The van der Waals surface area contributed by atoms with Crippen LogP contribution in [0.15, 0.2) is 36.7 Å². The number of halogens is 1. The summed E-state index contributed by atoms with van der Waals surface area (Å²) >= 11 is 4.94. The monoisotopic (exact) mass is 277 g/mol. The SMILES string of the molecule is COc1ccc(F)c(Nc2cnccc2C(N)=S)c1. The molecule has 2 rings (SSSR count). The van der Waals surface area contributed by atoms with Crippen LogP contribution in [0.25, 0.3) is 0 Å². The standard InChI is InChI=1S/C13H12FN3OS/c1-18-8-2-3-10(14)11(6-8)17-12-7-16-5-4-9(12)13(15)19/h2-7,17H,1H3,(H2,15,19). The summed E-state index contributed by atoms with van der Waals surface area (Å²) in [6.07, 6.45) is 3.11. The molecule has 19 heavy (non-hydrogen) atoms. The van der Waals surface area contributed by atoms with Gasteiger partial charge in [0.2, 0.25) is 0 Å². The van der Waals surface area contributed by atoms with Crippen molar-refractivity contribution in [3.63, 3.8) is 0 Å². The number of thiocarbonyl (C=S) groups is 1. The van der Waals surface area contributed by atoms with Gasteiger partial charge in [0.15, 0.2) is 0 Å². The Morgan fingerprint density at radius 3 is 2.84 bits per heavy atom. The molecule has 0 unspecified atom stereocenters. The van der Waals surface area contributed by atoms with E-state index < -0.39 is 5.82 Å². The van der Waals surface area contributed by atoms with Gasteiger partial charge < -0.3 is 15.8 Å². The first kappa shape index (κ1) is 13.2. The number of hydrogen-bond acceptors (Lipinski definition) is 4. The van der Waals surface area contributed by atoms with Crippen LogP contribution in [0.1, 0.15) is 5.56 Å². The Hall–Kier alpha value is -2.21. The Kier molecular flexibility index (Phi) is 3.91. The van der Waals surface area contributed by atoms with Crippen molar-refractivity contribution in [1.82, 2.24) is 4.98 Å². The number of nitrogens with two attached hydrogens (primary N) is 1. The van der Waals surface area contributed by atoms with Crippen LogP contribution in [0.4, 0.5) is 15.8 Å². The molecule has 0 spiro atoms. The average molecular weight is 277 g/mol. The second-order valence-corrected chi connectivity index (χ2v) is 4.20. The van der Waals surface area contributed by atoms with Crippen LogP contribution >= 0.6 is 12.2 Å². The molecule has 0 aliphatic heterocycles. The van der Waals surface area contributed by atoms with E-state index in [9.17, 15) is 4.39 Å². The van der Waals surface area contributed by atoms with E-state index in [1.54, 1.807) is 18.3 Å². The molecule has 0 bridgehead atoms. The van der Waals surface area contributed by atoms with Crippen LogP contribution in [0.5, 0.6) is 5.75 Å². The third-order valence-electron chi connectivity index (χ3n) is 2.53. The summed E-state index contributed by atoms with van der Waals surface area (Å²) in [4.78, 5) is 4.18. The largest absolute Gasteiger partial charge is 0.497 e. The number of nitrogens with zero attached hydrogens (tertiary/aromatic N) is 1. The minimum atomic E-state index is -0.404. The smallest absolute Gasteiger partial charge is 0.146 e. The molecule has 4 nitrogen and oxygen atoms in total. The van der Waals surface area contributed by atoms with Gasteiger partial charge in [0.1, 0.15) is 16.6 Å². The number of benzene rings is 1. The molecule has 0 saturated heterocycles. The lowest BCUT2D eigenvalue weighted by Gasteiger charge is -2.12. The molecule has 1 aromatic heterocycles. The molecule has 98 valence electrons. The van der Waals surface area contributed by atoms with Crippen LogP contribution in [0, 0.1) is 5.82 Å². The molecule has 6 heteroatoms. The molecule has 0 fully saturated rings. The summed E-state index contributed by atoms with van der Waals surface area (Å²) in [5.41, 5.74) is 7.02. The number of ether oxygens (including phenoxy) is 1. The molecule has 0 aliphatic carbocycles. The Morgan fingerprint density at radius 2 is 2.16 bits per heavy atom. The topological polar surface area (TPSA) is 60.2 Å². The Bertz CT molecular complexity index is 619. The first-order chi connectivity index (χ1) is 9.11. The van der Waals surface area contributed by atoms with Gasteiger partial charge in [-0.25, -0.2) is 4.39 Å². The van der Waals surface area contributed by atoms with Crippen molar-refractivity contribution in [1.29, 1.82) is 0 Å². The number of hydrogen-bond donors (Lipinski definition) is 2. The summed E-state index contributed by atoms with van der Waals surface area (Å²) in [5, 5.41) is 2.91. The molecule has 0 atom stereocenters. The molecule has 0 amide bonds. The van der Waals surface area contributed by atoms with Crippen molar-refractivity contribution in [3.05, 3.63) is 48.0 Å². The first-order valence-corrected chi connectivity index (χ1v) is 5.87. The maximum absolute atomic E-state index is 13.7. The van der Waals surface area contributed by atoms with Crippen molar-refractivity contribution in [2.24, 2.45) is 5.73 Å². The second kappa shape index (κ2) is 5.62. The van der Waals surface area contributed by atoms with Gasteiger partial charge in [-0.05, 0) is 18.2 Å². The van der Waals surface area contributed by atoms with E-state index in [2.05, 4.69) is 10.3 Å². The highest BCUT2D eigenvalue weighted by atomic mass is 32.1. The van der Waals surface area contributed by atoms with E-state index in [-0.39, 0.29) is 10.7 Å². The second-order valence-electron chi connectivity index (χ2n) is 3.76. The zero-order valence-corrected chi connectivity index (χ0v) is 11.0. The van der Waals surface area contributed by atoms with Crippen LogP contribution in [-0.2, 0) is 0 Å². The number of rotatable bonds is 4. The zero-order valence-electron chi connectivity index (χ0n) is 10.2. The van der Waals surface area contributed by atoms with E-state index in [1.165, 1.54) is 25.4 Å². The van der Waals surface area contributed by atoms with Gasteiger partial charge in [0.05, 0.1) is 24.7 Å². The predicted octanol–water partition coefficient (Wildman–Crippen LogP) is 2.61. The normalized spacial score (nSPS) is 10.0. The summed E-state index contributed by atoms with van der Waals surface area (Å²) in [7, 11) is 1.52. The molecule has 0 saturated carbocycles. The molecule has 1 heterocycles. The third-order valence-corrected chi connectivity index (χ3v) is 2.75. The van der Waals surface area contributed by atoms with Gasteiger partial charge in [-0.1, -0.05) is 12.2 Å². The van der Waals surface area contributed by atoms with Crippen molar-refractivity contribution in [3.8, 4) is 5.75 Å². The van der Waals surface area contributed by atoms with Crippen molar-refractivity contribution in [2.45, 2.75) is 0 Å². The lowest BCUT2D eigenvalue weighted by molar-refractivity contribution is 0.414. The van der Waals surface area contributed by atoms with E-state index in [4.69, 9.17) is 22.7 Å². The molecule has 0 aliphatic rings. The molecule has 0 radical (unpaired) electrons. The summed E-state index contributed by atoms with van der Waals surface area (Å²) in [6.45, 7) is 0. The van der Waals surface area contributed by atoms with Gasteiger partial charge in [0, 0.05) is 17.8 Å². The fraction of sp³-hybridized carbons (Fsp3) is 0.0769. The van der Waals surface area contributed by atoms with Crippen molar-refractivity contribution >= 4 is 28.6 Å². The quantitative estimate of drug-likeness (QED) is 0.841. The van der Waals surface area contributed by atoms with Crippen LogP contribution in [0.2, 0.25) is 0 Å². The predicted molar refractivity (Wildman–Crippen MR) is 76.4 cm³/mol. The van der Waals surface area contributed by atoms with Crippen LogP contribution in [-0.4, -0.2) is 17.1 Å². The maximum atomic E-state index is 13.7. The Labute approximate surface area is 115 Å². The summed E-state index contributed by atoms with van der Waals surface area (Å²) in [6, 6.07) is 6.07. The average Bonchev–Trinajstić information content (AvgIpc) is 2.41. The fourth-order valence-electron chi connectivity index (χ4n) is 1.58. The van der Waals surface area contributed by atoms with E-state index in [0.717, 1.165) is 0 Å². The van der Waals surface area contributed by atoms with Crippen molar-refractivity contribution in [2.75, 3.05) is 12.4 Å². The lowest BCUT2D eigenvalue weighted by Crippen LogP contribution is -2.12. The minimum Gasteiger partial charge on any atom is -0.497 e. The highest BCUT2D eigenvalue weighted by molar-refractivity contribution is 7.80.